The largest absolute Gasteiger partial charge is 0.493 e. The van der Waals surface area contributed by atoms with Crippen LogP contribution in [-0.2, 0) is 22.6 Å². The van der Waals surface area contributed by atoms with Crippen LogP contribution in [0.2, 0.25) is 0 Å². The van der Waals surface area contributed by atoms with E-state index in [1.54, 1.807) is 30.3 Å². The molecule has 0 aromatic heterocycles. The van der Waals surface area contributed by atoms with E-state index in [-0.39, 0.29) is 18.9 Å². The SMILES string of the molecule is COc1ccc(CNC(=O)C(=O)NCCc2ccc(F)cc2)cc1OC. The maximum Gasteiger partial charge on any atom is 0.309 e. The molecule has 2 rings (SSSR count). The van der Waals surface area contributed by atoms with Gasteiger partial charge in [-0.25, -0.2) is 4.39 Å². The molecule has 0 radical (unpaired) electrons. The molecular weight excluding hydrogens is 339 g/mol. The minimum atomic E-state index is -0.723. The first kappa shape index (κ1) is 19.2. The van der Waals surface area contributed by atoms with Crippen LogP contribution < -0.4 is 20.1 Å². The van der Waals surface area contributed by atoms with Gasteiger partial charge in [0.05, 0.1) is 14.2 Å². The number of amides is 2. The third-order valence-corrected chi connectivity index (χ3v) is 3.72. The highest BCUT2D eigenvalue weighted by molar-refractivity contribution is 6.35. The predicted molar refractivity (Wildman–Crippen MR) is 94.5 cm³/mol. The van der Waals surface area contributed by atoms with Crippen LogP contribution in [0.15, 0.2) is 42.5 Å². The molecule has 0 heterocycles. The Morgan fingerprint density at radius 1 is 0.885 bits per heavy atom. The number of benzene rings is 2. The molecule has 0 fully saturated rings. The lowest BCUT2D eigenvalue weighted by molar-refractivity contribution is -0.139. The molecular formula is C19H21FN2O4. The summed E-state index contributed by atoms with van der Waals surface area (Å²) in [6.45, 7) is 0.471. The standard InChI is InChI=1S/C19H21FN2O4/c1-25-16-8-5-14(11-17(16)26-2)12-22-19(24)18(23)21-10-9-13-3-6-15(20)7-4-13/h3-8,11H,9-10,12H2,1-2H3,(H,21,23)(H,22,24). The van der Waals surface area contributed by atoms with E-state index in [2.05, 4.69) is 10.6 Å². The Morgan fingerprint density at radius 3 is 2.15 bits per heavy atom. The van der Waals surface area contributed by atoms with Gasteiger partial charge < -0.3 is 20.1 Å². The monoisotopic (exact) mass is 360 g/mol. The van der Waals surface area contributed by atoms with Crippen molar-refractivity contribution in [2.24, 2.45) is 0 Å². The summed E-state index contributed by atoms with van der Waals surface area (Å²) in [7, 11) is 3.06. The lowest BCUT2D eigenvalue weighted by atomic mass is 10.1. The summed E-state index contributed by atoms with van der Waals surface area (Å²) in [4.78, 5) is 23.7. The van der Waals surface area contributed by atoms with E-state index in [0.29, 0.717) is 17.9 Å². The summed E-state index contributed by atoms with van der Waals surface area (Å²) in [6, 6.07) is 11.2. The Hall–Kier alpha value is -3.09. The second kappa shape index (κ2) is 9.41. The predicted octanol–water partition coefficient (Wildman–Crippen LogP) is 1.82. The molecule has 0 atom stereocenters. The van der Waals surface area contributed by atoms with Crippen molar-refractivity contribution < 1.29 is 23.5 Å². The minimum Gasteiger partial charge on any atom is -0.493 e. The zero-order valence-corrected chi connectivity index (χ0v) is 14.7. The van der Waals surface area contributed by atoms with Crippen molar-refractivity contribution >= 4 is 11.8 Å². The molecule has 2 amide bonds. The first-order chi connectivity index (χ1) is 12.5. The van der Waals surface area contributed by atoms with Crippen molar-refractivity contribution in [3.05, 3.63) is 59.4 Å². The third kappa shape index (κ3) is 5.47. The molecule has 7 heteroatoms. The zero-order chi connectivity index (χ0) is 18.9. The van der Waals surface area contributed by atoms with Gasteiger partial charge in [-0.3, -0.25) is 9.59 Å². The second-order valence-electron chi connectivity index (χ2n) is 5.50. The zero-order valence-electron chi connectivity index (χ0n) is 14.7. The third-order valence-electron chi connectivity index (χ3n) is 3.72. The summed E-state index contributed by atoms with van der Waals surface area (Å²) >= 11 is 0. The number of rotatable bonds is 7. The maximum atomic E-state index is 12.8. The highest BCUT2D eigenvalue weighted by Gasteiger charge is 2.13. The van der Waals surface area contributed by atoms with Crippen molar-refractivity contribution in [3.63, 3.8) is 0 Å². The van der Waals surface area contributed by atoms with Crippen LogP contribution in [0, 0.1) is 5.82 Å². The molecule has 2 aromatic carbocycles. The van der Waals surface area contributed by atoms with Gasteiger partial charge in [0.15, 0.2) is 11.5 Å². The van der Waals surface area contributed by atoms with Crippen LogP contribution >= 0.6 is 0 Å². The fraction of sp³-hybridized carbons (Fsp3) is 0.263. The maximum absolute atomic E-state index is 12.8. The topological polar surface area (TPSA) is 76.7 Å². The molecule has 0 saturated carbocycles. The quantitative estimate of drug-likeness (QED) is 0.739. The number of hydrogen-bond acceptors (Lipinski definition) is 4. The molecule has 26 heavy (non-hydrogen) atoms. The summed E-state index contributed by atoms with van der Waals surface area (Å²) in [5.74, 6) is -0.622. The number of halogens is 1. The van der Waals surface area contributed by atoms with Crippen molar-refractivity contribution in [1.29, 1.82) is 0 Å². The second-order valence-corrected chi connectivity index (χ2v) is 5.50. The van der Waals surface area contributed by atoms with E-state index >= 15 is 0 Å². The van der Waals surface area contributed by atoms with Gasteiger partial charge in [0, 0.05) is 13.1 Å². The number of carbonyl (C=O) groups excluding carboxylic acids is 2. The van der Waals surface area contributed by atoms with Gasteiger partial charge in [-0.2, -0.15) is 0 Å². The average Bonchev–Trinajstić information content (AvgIpc) is 2.67. The fourth-order valence-corrected chi connectivity index (χ4v) is 2.30. The number of methoxy groups -OCH3 is 2. The van der Waals surface area contributed by atoms with Crippen molar-refractivity contribution in [3.8, 4) is 11.5 Å². The van der Waals surface area contributed by atoms with Gasteiger partial charge in [-0.05, 0) is 41.8 Å². The molecule has 2 N–H and O–H groups in total. The van der Waals surface area contributed by atoms with Crippen LogP contribution in [0.4, 0.5) is 4.39 Å². The number of carbonyl (C=O) groups is 2. The molecule has 0 aliphatic heterocycles. The van der Waals surface area contributed by atoms with Gasteiger partial charge in [-0.15, -0.1) is 0 Å². The van der Waals surface area contributed by atoms with Crippen molar-refractivity contribution in [2.75, 3.05) is 20.8 Å². The molecule has 0 spiro atoms. The highest BCUT2D eigenvalue weighted by Crippen LogP contribution is 2.27. The minimum absolute atomic E-state index is 0.185. The molecule has 2 aromatic rings. The smallest absolute Gasteiger partial charge is 0.309 e. The highest BCUT2D eigenvalue weighted by atomic mass is 19.1. The van der Waals surface area contributed by atoms with Gasteiger partial charge in [0.1, 0.15) is 5.82 Å². The van der Waals surface area contributed by atoms with E-state index in [9.17, 15) is 14.0 Å². The fourth-order valence-electron chi connectivity index (χ4n) is 2.30. The van der Waals surface area contributed by atoms with Crippen molar-refractivity contribution in [2.45, 2.75) is 13.0 Å². The molecule has 0 saturated heterocycles. The first-order valence-corrected chi connectivity index (χ1v) is 8.05. The summed E-state index contributed by atoms with van der Waals surface area (Å²) < 4.78 is 23.2. The molecule has 138 valence electrons. The molecule has 0 aliphatic rings. The Morgan fingerprint density at radius 2 is 1.50 bits per heavy atom. The van der Waals surface area contributed by atoms with Crippen LogP contribution in [0.1, 0.15) is 11.1 Å². The lowest BCUT2D eigenvalue weighted by Crippen LogP contribution is -2.40. The van der Waals surface area contributed by atoms with E-state index in [1.165, 1.54) is 26.4 Å². The van der Waals surface area contributed by atoms with Gasteiger partial charge >= 0.3 is 11.8 Å². The van der Waals surface area contributed by atoms with Crippen LogP contribution in [0.25, 0.3) is 0 Å². The van der Waals surface area contributed by atoms with E-state index < -0.39 is 11.8 Å². The van der Waals surface area contributed by atoms with E-state index in [1.807, 2.05) is 0 Å². The summed E-state index contributed by atoms with van der Waals surface area (Å²) in [6.07, 6.45) is 0.509. The molecule has 0 bridgehead atoms. The Labute approximate surface area is 151 Å². The van der Waals surface area contributed by atoms with E-state index in [0.717, 1.165) is 11.1 Å². The van der Waals surface area contributed by atoms with Gasteiger partial charge in [0.2, 0.25) is 0 Å². The number of ether oxygens (including phenoxy) is 2. The van der Waals surface area contributed by atoms with Crippen LogP contribution in [0.3, 0.4) is 0 Å². The molecule has 6 nitrogen and oxygen atoms in total. The first-order valence-electron chi connectivity index (χ1n) is 8.05. The molecule has 0 aliphatic carbocycles. The summed E-state index contributed by atoms with van der Waals surface area (Å²) in [5, 5.41) is 5.08. The number of hydrogen-bond donors (Lipinski definition) is 2. The Kier molecular flexibility index (Phi) is 6.96. The van der Waals surface area contributed by atoms with Crippen LogP contribution in [0.5, 0.6) is 11.5 Å². The lowest BCUT2D eigenvalue weighted by Gasteiger charge is -2.10. The Bertz CT molecular complexity index is 763. The van der Waals surface area contributed by atoms with Gasteiger partial charge in [0.25, 0.3) is 0 Å². The normalized spacial score (nSPS) is 10.1. The average molecular weight is 360 g/mol. The van der Waals surface area contributed by atoms with E-state index in [4.69, 9.17) is 9.47 Å². The number of nitrogens with one attached hydrogen (secondary N) is 2. The van der Waals surface area contributed by atoms with Crippen molar-refractivity contribution in [1.82, 2.24) is 10.6 Å². The van der Waals surface area contributed by atoms with Crippen LogP contribution in [-0.4, -0.2) is 32.6 Å². The van der Waals surface area contributed by atoms with Gasteiger partial charge in [-0.1, -0.05) is 18.2 Å². The Balaban J connectivity index is 1.78. The summed E-state index contributed by atoms with van der Waals surface area (Å²) in [5.41, 5.74) is 1.65. The molecule has 0 unspecified atom stereocenters.